The zero-order valence-corrected chi connectivity index (χ0v) is 12.2. The van der Waals surface area contributed by atoms with Crippen molar-refractivity contribution in [2.24, 2.45) is 0 Å². The highest BCUT2D eigenvalue weighted by Crippen LogP contribution is 2.15. The summed E-state index contributed by atoms with van der Waals surface area (Å²) in [4.78, 5) is 13.4. The molecular formula is C15H22ClN2O+. The first-order valence-corrected chi connectivity index (χ1v) is 7.41. The van der Waals surface area contributed by atoms with E-state index in [1.54, 1.807) is 0 Å². The number of carbonyl (C=O) groups excluding carboxylic acids is 1. The molecule has 1 atom stereocenters. The number of rotatable bonds is 4. The molecule has 1 aliphatic rings. The number of halogens is 1. The van der Waals surface area contributed by atoms with E-state index in [9.17, 15) is 4.79 Å². The minimum absolute atomic E-state index is 0.0361. The van der Waals surface area contributed by atoms with Crippen LogP contribution in [-0.4, -0.2) is 25.5 Å². The van der Waals surface area contributed by atoms with Crippen LogP contribution >= 0.6 is 11.6 Å². The fourth-order valence-electron chi connectivity index (χ4n) is 2.58. The zero-order valence-electron chi connectivity index (χ0n) is 11.4. The van der Waals surface area contributed by atoms with E-state index in [0.29, 0.717) is 6.54 Å². The van der Waals surface area contributed by atoms with Crippen molar-refractivity contribution in [3.05, 3.63) is 34.9 Å². The van der Waals surface area contributed by atoms with E-state index >= 15 is 0 Å². The Bertz CT molecular complexity index is 413. The van der Waals surface area contributed by atoms with Crippen molar-refractivity contribution in [3.8, 4) is 0 Å². The largest absolute Gasteiger partial charge is 0.345 e. The lowest BCUT2D eigenvalue weighted by Crippen LogP contribution is -3.13. The van der Waals surface area contributed by atoms with Crippen molar-refractivity contribution in [1.29, 1.82) is 0 Å². The number of likely N-dealkylation sites (tertiary alicyclic amines) is 1. The fourth-order valence-corrected chi connectivity index (χ4v) is 2.71. The summed E-state index contributed by atoms with van der Waals surface area (Å²) in [6, 6.07) is 7.67. The normalized spacial score (nSPS) is 18.0. The quantitative estimate of drug-likeness (QED) is 0.863. The molecule has 0 radical (unpaired) electrons. The molecule has 2 rings (SSSR count). The molecule has 1 aromatic carbocycles. The summed E-state index contributed by atoms with van der Waals surface area (Å²) in [5.41, 5.74) is 1.09. The molecule has 0 saturated carbocycles. The Balaban J connectivity index is 1.82. The second-order valence-corrected chi connectivity index (χ2v) is 5.76. The lowest BCUT2D eigenvalue weighted by atomic mass is 10.1. The SMILES string of the molecule is C[C@H](NC(=O)C[NH+]1CCCCC1)c1ccc(Cl)cc1. The highest BCUT2D eigenvalue weighted by atomic mass is 35.5. The van der Waals surface area contributed by atoms with Gasteiger partial charge in [-0.25, -0.2) is 0 Å². The van der Waals surface area contributed by atoms with E-state index in [-0.39, 0.29) is 11.9 Å². The van der Waals surface area contributed by atoms with E-state index in [4.69, 9.17) is 11.6 Å². The van der Waals surface area contributed by atoms with Crippen LogP contribution in [0.15, 0.2) is 24.3 Å². The topological polar surface area (TPSA) is 33.5 Å². The van der Waals surface area contributed by atoms with Gasteiger partial charge in [-0.3, -0.25) is 4.79 Å². The molecule has 4 heteroatoms. The number of quaternary nitrogens is 1. The van der Waals surface area contributed by atoms with Gasteiger partial charge in [-0.15, -0.1) is 0 Å². The third-order valence-corrected chi connectivity index (χ3v) is 3.97. The average molecular weight is 282 g/mol. The predicted molar refractivity (Wildman–Crippen MR) is 77.4 cm³/mol. The number of piperidine rings is 1. The highest BCUT2D eigenvalue weighted by Gasteiger charge is 2.18. The van der Waals surface area contributed by atoms with Crippen LogP contribution in [0.3, 0.4) is 0 Å². The molecule has 1 amide bonds. The molecular weight excluding hydrogens is 260 g/mol. The first-order chi connectivity index (χ1) is 9.15. The maximum Gasteiger partial charge on any atom is 0.275 e. The van der Waals surface area contributed by atoms with Gasteiger partial charge in [0.25, 0.3) is 5.91 Å². The Morgan fingerprint density at radius 3 is 2.53 bits per heavy atom. The molecule has 1 aromatic rings. The highest BCUT2D eigenvalue weighted by molar-refractivity contribution is 6.30. The monoisotopic (exact) mass is 281 g/mol. The van der Waals surface area contributed by atoms with E-state index in [2.05, 4.69) is 5.32 Å². The van der Waals surface area contributed by atoms with Crippen LogP contribution in [0.2, 0.25) is 5.02 Å². The second kappa shape index (κ2) is 6.92. The van der Waals surface area contributed by atoms with Gasteiger partial charge in [-0.1, -0.05) is 23.7 Å². The molecule has 1 aliphatic heterocycles. The molecule has 0 aromatic heterocycles. The number of benzene rings is 1. The molecule has 1 saturated heterocycles. The smallest absolute Gasteiger partial charge is 0.275 e. The van der Waals surface area contributed by atoms with Gasteiger partial charge in [0, 0.05) is 5.02 Å². The first kappa shape index (κ1) is 14.4. The van der Waals surface area contributed by atoms with Gasteiger partial charge in [0.1, 0.15) is 0 Å². The molecule has 1 heterocycles. The third kappa shape index (κ3) is 4.51. The van der Waals surface area contributed by atoms with E-state index < -0.39 is 0 Å². The van der Waals surface area contributed by atoms with E-state index in [1.165, 1.54) is 24.2 Å². The Labute approximate surface area is 119 Å². The minimum atomic E-state index is 0.0361. The molecule has 2 N–H and O–H groups in total. The standard InChI is InChI=1S/C15H21ClN2O/c1-12(13-5-7-14(16)8-6-13)17-15(19)11-18-9-3-2-4-10-18/h5-8,12H,2-4,9-11H2,1H3,(H,17,19)/p+1/t12-/m0/s1. The molecule has 0 bridgehead atoms. The van der Waals surface area contributed by atoms with Gasteiger partial charge in [-0.2, -0.15) is 0 Å². The number of hydrogen-bond acceptors (Lipinski definition) is 1. The summed E-state index contributed by atoms with van der Waals surface area (Å²) in [5.74, 6) is 0.138. The van der Waals surface area contributed by atoms with E-state index in [1.807, 2.05) is 31.2 Å². The van der Waals surface area contributed by atoms with Crippen LogP contribution < -0.4 is 10.2 Å². The van der Waals surface area contributed by atoms with Gasteiger partial charge in [-0.05, 0) is 43.9 Å². The van der Waals surface area contributed by atoms with Crippen molar-refractivity contribution in [2.45, 2.75) is 32.2 Å². The van der Waals surface area contributed by atoms with E-state index in [0.717, 1.165) is 23.7 Å². The zero-order chi connectivity index (χ0) is 13.7. The number of hydrogen-bond donors (Lipinski definition) is 2. The van der Waals surface area contributed by atoms with Crippen LogP contribution in [0.5, 0.6) is 0 Å². The number of nitrogens with one attached hydrogen (secondary N) is 2. The summed E-state index contributed by atoms with van der Waals surface area (Å²) in [5, 5.41) is 3.78. The van der Waals surface area contributed by atoms with Crippen LogP contribution in [0.4, 0.5) is 0 Å². The van der Waals surface area contributed by atoms with Crippen molar-refractivity contribution in [1.82, 2.24) is 5.32 Å². The van der Waals surface area contributed by atoms with Crippen LogP contribution in [-0.2, 0) is 4.79 Å². The molecule has 3 nitrogen and oxygen atoms in total. The minimum Gasteiger partial charge on any atom is -0.345 e. The van der Waals surface area contributed by atoms with Crippen LogP contribution in [0.1, 0.15) is 37.8 Å². The maximum atomic E-state index is 12.0. The van der Waals surface area contributed by atoms with Crippen molar-refractivity contribution in [2.75, 3.05) is 19.6 Å². The van der Waals surface area contributed by atoms with Crippen LogP contribution in [0, 0.1) is 0 Å². The van der Waals surface area contributed by atoms with Crippen molar-refractivity contribution in [3.63, 3.8) is 0 Å². The van der Waals surface area contributed by atoms with Gasteiger partial charge in [0.15, 0.2) is 6.54 Å². The Morgan fingerprint density at radius 2 is 1.89 bits per heavy atom. The summed E-state index contributed by atoms with van der Waals surface area (Å²) in [6.45, 7) is 4.86. The third-order valence-electron chi connectivity index (χ3n) is 3.72. The molecule has 1 fully saturated rings. The molecule has 0 unspecified atom stereocenters. The number of amides is 1. The van der Waals surface area contributed by atoms with Gasteiger partial charge < -0.3 is 10.2 Å². The molecule has 0 aliphatic carbocycles. The Hall–Kier alpha value is -1.06. The van der Waals surface area contributed by atoms with Gasteiger partial charge >= 0.3 is 0 Å². The lowest BCUT2D eigenvalue weighted by molar-refractivity contribution is -0.896. The predicted octanol–water partition coefficient (Wildman–Crippen LogP) is 1.59. The molecule has 104 valence electrons. The average Bonchev–Trinajstić information content (AvgIpc) is 2.40. The van der Waals surface area contributed by atoms with Crippen molar-refractivity contribution >= 4 is 17.5 Å². The summed E-state index contributed by atoms with van der Waals surface area (Å²) in [7, 11) is 0. The Morgan fingerprint density at radius 1 is 1.26 bits per heavy atom. The molecule has 19 heavy (non-hydrogen) atoms. The van der Waals surface area contributed by atoms with Crippen molar-refractivity contribution < 1.29 is 9.69 Å². The summed E-state index contributed by atoms with van der Waals surface area (Å²) >= 11 is 5.86. The van der Waals surface area contributed by atoms with Gasteiger partial charge in [0.05, 0.1) is 19.1 Å². The second-order valence-electron chi connectivity index (χ2n) is 5.33. The summed E-state index contributed by atoms with van der Waals surface area (Å²) in [6.07, 6.45) is 3.80. The molecule has 0 spiro atoms. The lowest BCUT2D eigenvalue weighted by Gasteiger charge is -2.23. The first-order valence-electron chi connectivity index (χ1n) is 7.03. The number of carbonyl (C=O) groups is 1. The fraction of sp³-hybridized carbons (Fsp3) is 0.533. The van der Waals surface area contributed by atoms with Gasteiger partial charge in [0.2, 0.25) is 0 Å². The summed E-state index contributed by atoms with van der Waals surface area (Å²) < 4.78 is 0. The maximum absolute atomic E-state index is 12.0. The Kier molecular flexibility index (Phi) is 5.23. The van der Waals surface area contributed by atoms with Crippen LogP contribution in [0.25, 0.3) is 0 Å².